The van der Waals surface area contributed by atoms with Crippen LogP contribution in [0.4, 0.5) is 20.7 Å². The summed E-state index contributed by atoms with van der Waals surface area (Å²) in [4.78, 5) is 17.0. The van der Waals surface area contributed by atoms with Crippen molar-refractivity contribution in [1.29, 1.82) is 0 Å². The maximum Gasteiger partial charge on any atom is 0.324 e. The zero-order chi connectivity index (χ0) is 35.8. The number of piperidine rings is 1. The Balaban J connectivity index is 1.03. The van der Waals surface area contributed by atoms with E-state index in [-0.39, 0.29) is 47.2 Å². The lowest BCUT2D eigenvalue weighted by atomic mass is 9.89. The van der Waals surface area contributed by atoms with Crippen LogP contribution in [-0.4, -0.2) is 76.5 Å². The van der Waals surface area contributed by atoms with E-state index in [1.165, 1.54) is 18.2 Å². The molecule has 4 aromatic rings. The highest BCUT2D eigenvalue weighted by atomic mass is 32.2. The number of aliphatic hydroxyl groups is 1. The summed E-state index contributed by atoms with van der Waals surface area (Å²) >= 11 is 0. The normalized spacial score (nSPS) is 20.6. The standard InChI is InChI=1S/C34H41F2N7O6S/c1-4-34(44,15-23-13-26(50(45,46)47)7-5-20(23)2)31-40-33(49-41-31)42-11-9-22(10-12-42)21(3)48-25-16-38-32(39-17-25)43-18-28(30(37)19-43)27-14-24(35)6-8-29(27)36/h5-8,13-14,16-17,21-22,28,30,44H,4,9-12,15,18-19,37H2,1-3H3,(H,45,46,47)/t21-,28+,30-,34?/m0/s1. The molecule has 4 atom stereocenters. The molecule has 0 aliphatic carbocycles. The van der Waals surface area contributed by atoms with Crippen molar-refractivity contribution >= 4 is 22.1 Å². The smallest absolute Gasteiger partial charge is 0.324 e. The summed E-state index contributed by atoms with van der Waals surface area (Å²) in [5.74, 6) is -0.125. The maximum atomic E-state index is 14.4. The van der Waals surface area contributed by atoms with E-state index < -0.39 is 39.3 Å². The quantitative estimate of drug-likeness (QED) is 0.189. The second-order valence-corrected chi connectivity index (χ2v) is 14.7. The van der Waals surface area contributed by atoms with Crippen molar-refractivity contribution in [1.82, 2.24) is 20.1 Å². The number of rotatable bonds is 11. The van der Waals surface area contributed by atoms with Crippen LogP contribution in [0.15, 0.2) is 58.2 Å². The van der Waals surface area contributed by atoms with Gasteiger partial charge in [-0.1, -0.05) is 18.1 Å². The SMILES string of the molecule is CCC(O)(Cc1cc(S(=O)(=O)O)ccc1C)c1noc(N2CCC([C@H](C)Oc3cnc(N4C[C@H](c5cc(F)ccc5F)[C@@H](N)C4)nc3)CC2)n1. The zero-order valence-corrected chi connectivity index (χ0v) is 28.9. The summed E-state index contributed by atoms with van der Waals surface area (Å²) in [5, 5.41) is 15.6. The Hall–Kier alpha value is -4.25. The van der Waals surface area contributed by atoms with Gasteiger partial charge in [0.2, 0.25) is 11.8 Å². The highest BCUT2D eigenvalue weighted by molar-refractivity contribution is 7.85. The number of nitrogens with zero attached hydrogens (tertiary/aromatic N) is 6. The van der Waals surface area contributed by atoms with Crippen molar-refractivity contribution in [2.75, 3.05) is 36.0 Å². The Morgan fingerprint density at radius 2 is 1.82 bits per heavy atom. The fourth-order valence-electron chi connectivity index (χ4n) is 6.73. The van der Waals surface area contributed by atoms with E-state index in [4.69, 9.17) is 15.0 Å². The second kappa shape index (κ2) is 14.2. The fourth-order valence-corrected chi connectivity index (χ4v) is 7.26. The van der Waals surface area contributed by atoms with E-state index in [2.05, 4.69) is 20.1 Å². The van der Waals surface area contributed by atoms with Gasteiger partial charge in [0.1, 0.15) is 17.2 Å². The number of ether oxygens (including phenoxy) is 1. The Bertz CT molecular complexity index is 1920. The first-order valence-electron chi connectivity index (χ1n) is 16.6. The van der Waals surface area contributed by atoms with E-state index in [0.717, 1.165) is 30.5 Å². The molecule has 16 heteroatoms. The van der Waals surface area contributed by atoms with Gasteiger partial charge in [-0.15, -0.1) is 0 Å². The molecule has 2 aromatic heterocycles. The first-order chi connectivity index (χ1) is 23.7. The molecule has 2 aliphatic heterocycles. The Morgan fingerprint density at radius 1 is 1.10 bits per heavy atom. The molecule has 2 saturated heterocycles. The van der Waals surface area contributed by atoms with E-state index in [9.17, 15) is 26.9 Å². The van der Waals surface area contributed by atoms with Crippen LogP contribution in [-0.2, 0) is 22.1 Å². The van der Waals surface area contributed by atoms with E-state index in [1.54, 1.807) is 32.3 Å². The lowest BCUT2D eigenvalue weighted by Gasteiger charge is -2.33. The summed E-state index contributed by atoms with van der Waals surface area (Å²) < 4.78 is 72.8. The largest absolute Gasteiger partial charge is 0.487 e. The number of nitrogens with two attached hydrogens (primary N) is 1. The number of hydrogen-bond acceptors (Lipinski definition) is 12. The van der Waals surface area contributed by atoms with Gasteiger partial charge in [-0.2, -0.15) is 13.4 Å². The zero-order valence-electron chi connectivity index (χ0n) is 28.0. The van der Waals surface area contributed by atoms with Gasteiger partial charge in [0.05, 0.1) is 23.4 Å². The molecule has 50 heavy (non-hydrogen) atoms. The van der Waals surface area contributed by atoms with Crippen molar-refractivity contribution in [2.24, 2.45) is 11.7 Å². The van der Waals surface area contributed by atoms with E-state index in [1.807, 2.05) is 16.7 Å². The second-order valence-electron chi connectivity index (χ2n) is 13.2. The molecule has 0 saturated carbocycles. The molecule has 2 aromatic carbocycles. The van der Waals surface area contributed by atoms with Crippen molar-refractivity contribution in [3.63, 3.8) is 0 Å². The van der Waals surface area contributed by atoms with Gasteiger partial charge in [0.25, 0.3) is 10.1 Å². The Labute approximate surface area is 289 Å². The number of benzene rings is 2. The number of aryl methyl sites for hydroxylation is 1. The molecule has 0 amide bonds. The highest BCUT2D eigenvalue weighted by Gasteiger charge is 2.37. The van der Waals surface area contributed by atoms with Gasteiger partial charge in [-0.3, -0.25) is 4.55 Å². The van der Waals surface area contributed by atoms with E-state index in [0.29, 0.717) is 43.4 Å². The van der Waals surface area contributed by atoms with Crippen LogP contribution in [0, 0.1) is 24.5 Å². The number of hydrogen-bond donors (Lipinski definition) is 3. The van der Waals surface area contributed by atoms with Crippen LogP contribution in [0.3, 0.4) is 0 Å². The summed E-state index contributed by atoms with van der Waals surface area (Å²) in [6.07, 6.45) is 4.89. The van der Waals surface area contributed by atoms with Gasteiger partial charge in [-0.05, 0) is 86.1 Å². The first kappa shape index (κ1) is 35.6. The molecule has 6 rings (SSSR count). The molecular weight excluding hydrogens is 672 g/mol. The third-order valence-electron chi connectivity index (χ3n) is 9.93. The molecule has 13 nitrogen and oxygen atoms in total. The van der Waals surface area contributed by atoms with Gasteiger partial charge < -0.3 is 29.9 Å². The van der Waals surface area contributed by atoms with Crippen LogP contribution >= 0.6 is 0 Å². The van der Waals surface area contributed by atoms with Crippen LogP contribution in [0.1, 0.15) is 61.5 Å². The third kappa shape index (κ3) is 7.57. The predicted octanol–water partition coefficient (Wildman–Crippen LogP) is 4.15. The summed E-state index contributed by atoms with van der Waals surface area (Å²) in [7, 11) is -4.40. The highest BCUT2D eigenvalue weighted by Crippen LogP contribution is 2.34. The number of halogens is 2. The minimum atomic E-state index is -4.40. The lowest BCUT2D eigenvalue weighted by molar-refractivity contribution is 0.0212. The fraction of sp³-hybridized carbons (Fsp3) is 0.471. The Morgan fingerprint density at radius 3 is 2.50 bits per heavy atom. The van der Waals surface area contributed by atoms with Gasteiger partial charge >= 0.3 is 6.01 Å². The molecule has 0 spiro atoms. The third-order valence-corrected chi connectivity index (χ3v) is 10.8. The molecule has 0 radical (unpaired) electrons. The molecule has 1 unspecified atom stereocenters. The van der Waals surface area contributed by atoms with Crippen molar-refractivity contribution < 1.29 is 36.1 Å². The average Bonchev–Trinajstić information content (AvgIpc) is 3.75. The van der Waals surface area contributed by atoms with Crippen molar-refractivity contribution in [2.45, 2.75) is 75.0 Å². The summed E-state index contributed by atoms with van der Waals surface area (Å²) in [6, 6.07) is 7.52. The van der Waals surface area contributed by atoms with Crippen LogP contribution in [0.5, 0.6) is 5.75 Å². The van der Waals surface area contributed by atoms with Gasteiger partial charge in [0, 0.05) is 44.6 Å². The minimum Gasteiger partial charge on any atom is -0.487 e. The molecule has 4 heterocycles. The van der Waals surface area contributed by atoms with Crippen LogP contribution < -0.4 is 20.3 Å². The molecule has 4 N–H and O–H groups in total. The number of anilines is 2. The summed E-state index contributed by atoms with van der Waals surface area (Å²) in [5.41, 5.74) is 6.31. The number of aromatic nitrogens is 4. The Kier molecular flexibility index (Phi) is 10.1. The van der Waals surface area contributed by atoms with Crippen LogP contribution in [0.2, 0.25) is 0 Å². The van der Waals surface area contributed by atoms with Crippen molar-refractivity contribution in [3.8, 4) is 5.75 Å². The first-order valence-corrected chi connectivity index (χ1v) is 18.0. The molecule has 0 bridgehead atoms. The monoisotopic (exact) mass is 713 g/mol. The predicted molar refractivity (Wildman–Crippen MR) is 180 cm³/mol. The molecule has 2 fully saturated rings. The lowest BCUT2D eigenvalue weighted by Crippen LogP contribution is -2.39. The van der Waals surface area contributed by atoms with Crippen LogP contribution in [0.25, 0.3) is 0 Å². The van der Waals surface area contributed by atoms with Gasteiger partial charge in [-0.25, -0.2) is 18.7 Å². The average molecular weight is 714 g/mol. The maximum absolute atomic E-state index is 14.4. The van der Waals surface area contributed by atoms with Crippen molar-refractivity contribution in [3.05, 3.63) is 82.9 Å². The minimum absolute atomic E-state index is 0.0280. The molecule has 2 aliphatic rings. The summed E-state index contributed by atoms with van der Waals surface area (Å²) in [6.45, 7) is 7.57. The molecule has 268 valence electrons. The van der Waals surface area contributed by atoms with E-state index >= 15 is 0 Å². The topological polar surface area (TPSA) is 181 Å². The molecular formula is C34H41F2N7O6S. The van der Waals surface area contributed by atoms with Gasteiger partial charge in [0.15, 0.2) is 5.75 Å².